The number of benzene rings is 1. The molecule has 31 heavy (non-hydrogen) atoms. The molecule has 0 aromatic heterocycles. The van der Waals surface area contributed by atoms with Crippen molar-refractivity contribution < 1.29 is 19.0 Å². The van der Waals surface area contributed by atoms with Crippen LogP contribution >= 0.6 is 0 Å². The van der Waals surface area contributed by atoms with Crippen molar-refractivity contribution in [3.63, 3.8) is 0 Å². The fourth-order valence-electron chi connectivity index (χ4n) is 3.74. The maximum atomic E-state index is 12.5. The Balaban J connectivity index is 0.000000478. The van der Waals surface area contributed by atoms with Gasteiger partial charge in [-0.1, -0.05) is 49.2 Å². The molecule has 0 N–H and O–H groups in total. The van der Waals surface area contributed by atoms with Crippen LogP contribution < -0.4 is 0 Å². The Bertz CT molecular complexity index is 872. The number of ether oxygens (including phenoxy) is 3. The van der Waals surface area contributed by atoms with Gasteiger partial charge >= 0.3 is 5.97 Å². The van der Waals surface area contributed by atoms with Crippen LogP contribution in [0.5, 0.6) is 0 Å². The SMILES string of the molecule is C1COCO1.CCCC(C(=O)OC)C1C=C(c2ccc(C)cc2)N=C2C=CC(C)=CN21. The maximum Gasteiger partial charge on any atom is 0.311 e. The highest BCUT2D eigenvalue weighted by molar-refractivity contribution is 6.01. The number of hydrogen-bond donors (Lipinski definition) is 0. The predicted octanol–water partition coefficient (Wildman–Crippen LogP) is 4.47. The monoisotopic (exact) mass is 424 g/mol. The van der Waals surface area contributed by atoms with Gasteiger partial charge in [-0.05, 0) is 43.6 Å². The second-order valence-corrected chi connectivity index (χ2v) is 7.84. The number of aliphatic imine (C=N–C) groups is 1. The number of allylic oxidation sites excluding steroid dienone is 2. The fourth-order valence-corrected chi connectivity index (χ4v) is 3.74. The van der Waals surface area contributed by atoms with Gasteiger partial charge in [0.25, 0.3) is 0 Å². The zero-order valence-electron chi connectivity index (χ0n) is 18.8. The van der Waals surface area contributed by atoms with E-state index < -0.39 is 0 Å². The topological polar surface area (TPSA) is 60.4 Å². The van der Waals surface area contributed by atoms with Crippen LogP contribution in [0.2, 0.25) is 0 Å². The molecular formula is C25H32N2O4. The Kier molecular flexibility index (Phi) is 8.20. The van der Waals surface area contributed by atoms with Crippen LogP contribution in [0, 0.1) is 12.8 Å². The van der Waals surface area contributed by atoms with Gasteiger partial charge in [-0.15, -0.1) is 0 Å². The minimum atomic E-state index is -0.230. The molecule has 0 bridgehead atoms. The fraction of sp³-hybridized carbons (Fsp3) is 0.440. The summed E-state index contributed by atoms with van der Waals surface area (Å²) in [7, 11) is 1.46. The van der Waals surface area contributed by atoms with Crippen molar-refractivity contribution >= 4 is 17.5 Å². The van der Waals surface area contributed by atoms with Crippen molar-refractivity contribution in [2.45, 2.75) is 39.7 Å². The van der Waals surface area contributed by atoms with E-state index in [9.17, 15) is 4.79 Å². The van der Waals surface area contributed by atoms with Gasteiger partial charge in [-0.25, -0.2) is 4.99 Å². The average Bonchev–Trinajstić information content (AvgIpc) is 3.37. The van der Waals surface area contributed by atoms with E-state index in [-0.39, 0.29) is 17.9 Å². The molecule has 0 radical (unpaired) electrons. The van der Waals surface area contributed by atoms with E-state index in [0.29, 0.717) is 6.79 Å². The minimum absolute atomic E-state index is 0.105. The molecule has 2 atom stereocenters. The van der Waals surface area contributed by atoms with Gasteiger partial charge in [0.05, 0.1) is 38.0 Å². The highest BCUT2D eigenvalue weighted by Crippen LogP contribution is 2.32. The second kappa shape index (κ2) is 11.1. The summed E-state index contributed by atoms with van der Waals surface area (Å²) in [6.45, 7) is 8.27. The Morgan fingerprint density at radius 2 is 1.90 bits per heavy atom. The Hall–Kier alpha value is -2.70. The van der Waals surface area contributed by atoms with Crippen molar-refractivity contribution in [1.29, 1.82) is 0 Å². The van der Waals surface area contributed by atoms with Crippen LogP contribution in [-0.4, -0.2) is 49.9 Å². The normalized spacial score (nSPS) is 20.6. The number of rotatable bonds is 5. The minimum Gasteiger partial charge on any atom is -0.469 e. The van der Waals surface area contributed by atoms with Crippen molar-refractivity contribution in [3.8, 4) is 0 Å². The summed E-state index contributed by atoms with van der Waals surface area (Å²) in [5.41, 5.74) is 4.32. The summed E-state index contributed by atoms with van der Waals surface area (Å²) in [6.07, 6.45) is 9.94. The van der Waals surface area contributed by atoms with Gasteiger partial charge in [-0.2, -0.15) is 0 Å². The van der Waals surface area contributed by atoms with Gasteiger partial charge in [0.15, 0.2) is 0 Å². The molecule has 6 heteroatoms. The van der Waals surface area contributed by atoms with Gasteiger partial charge in [0, 0.05) is 6.20 Å². The molecule has 1 aromatic rings. The number of esters is 1. The van der Waals surface area contributed by atoms with Crippen LogP contribution in [0.15, 0.2) is 59.3 Å². The summed E-state index contributed by atoms with van der Waals surface area (Å²) >= 11 is 0. The zero-order valence-corrected chi connectivity index (χ0v) is 18.8. The standard InChI is InChI=1S/C22H26N2O2.C3H6O2/c1-5-6-18(22(25)26-4)20-13-19(17-10-7-15(2)8-11-17)23-21-12-9-16(3)14-24(20)21;1-2-5-3-4-1/h7-14,18,20H,5-6H2,1-4H3;1-3H2. The first-order valence-corrected chi connectivity index (χ1v) is 10.8. The molecule has 0 spiro atoms. The number of aryl methyl sites for hydroxylation is 1. The van der Waals surface area contributed by atoms with Gasteiger partial charge in [-0.3, -0.25) is 4.79 Å². The van der Waals surface area contributed by atoms with Crippen LogP contribution in [0.3, 0.4) is 0 Å². The van der Waals surface area contributed by atoms with Crippen LogP contribution in [0.4, 0.5) is 0 Å². The lowest BCUT2D eigenvalue weighted by atomic mass is 9.90. The molecule has 3 heterocycles. The molecular weight excluding hydrogens is 392 g/mol. The lowest BCUT2D eigenvalue weighted by Gasteiger charge is -2.37. The first-order valence-electron chi connectivity index (χ1n) is 10.8. The number of methoxy groups -OCH3 is 1. The van der Waals surface area contributed by atoms with E-state index in [1.54, 1.807) is 0 Å². The number of nitrogens with zero attached hydrogens (tertiary/aromatic N) is 2. The molecule has 0 amide bonds. The third-order valence-electron chi connectivity index (χ3n) is 5.39. The summed E-state index contributed by atoms with van der Waals surface area (Å²) in [5.74, 6) is 0.466. The third kappa shape index (κ3) is 5.93. The number of carbonyl (C=O) groups excluding carboxylic acids is 1. The van der Waals surface area contributed by atoms with E-state index in [1.807, 2.05) is 6.08 Å². The first kappa shape index (κ1) is 23.0. The molecule has 6 nitrogen and oxygen atoms in total. The molecule has 2 unspecified atom stereocenters. The lowest BCUT2D eigenvalue weighted by Crippen LogP contribution is -2.45. The lowest BCUT2D eigenvalue weighted by molar-refractivity contribution is -0.146. The van der Waals surface area contributed by atoms with E-state index in [4.69, 9.17) is 19.2 Å². The molecule has 3 aliphatic heterocycles. The van der Waals surface area contributed by atoms with Gasteiger partial charge in [0.2, 0.25) is 0 Å². The Morgan fingerprint density at radius 3 is 2.48 bits per heavy atom. The predicted molar refractivity (Wildman–Crippen MR) is 122 cm³/mol. The number of fused-ring (bicyclic) bond motifs is 1. The number of hydrogen-bond acceptors (Lipinski definition) is 6. The van der Waals surface area contributed by atoms with Crippen LogP contribution in [0.1, 0.15) is 37.8 Å². The van der Waals surface area contributed by atoms with Gasteiger partial charge < -0.3 is 19.1 Å². The molecule has 1 saturated heterocycles. The molecule has 0 saturated carbocycles. The summed E-state index contributed by atoms with van der Waals surface area (Å²) in [6, 6.07) is 8.23. The van der Waals surface area contributed by atoms with E-state index in [0.717, 1.165) is 48.7 Å². The molecule has 0 aliphatic carbocycles. The average molecular weight is 425 g/mol. The highest BCUT2D eigenvalue weighted by atomic mass is 16.7. The largest absolute Gasteiger partial charge is 0.469 e. The smallest absolute Gasteiger partial charge is 0.311 e. The Morgan fingerprint density at radius 1 is 1.19 bits per heavy atom. The van der Waals surface area contributed by atoms with Crippen molar-refractivity contribution in [3.05, 3.63) is 65.4 Å². The van der Waals surface area contributed by atoms with Crippen molar-refractivity contribution in [2.24, 2.45) is 10.9 Å². The van der Waals surface area contributed by atoms with Crippen LogP contribution in [-0.2, 0) is 19.0 Å². The van der Waals surface area contributed by atoms with E-state index in [1.165, 1.54) is 12.7 Å². The summed E-state index contributed by atoms with van der Waals surface area (Å²) in [4.78, 5) is 19.4. The molecule has 4 rings (SSSR count). The third-order valence-corrected chi connectivity index (χ3v) is 5.39. The maximum absolute atomic E-state index is 12.5. The Labute approximate surface area is 184 Å². The van der Waals surface area contributed by atoms with E-state index >= 15 is 0 Å². The summed E-state index contributed by atoms with van der Waals surface area (Å²) < 4.78 is 14.6. The highest BCUT2D eigenvalue weighted by Gasteiger charge is 2.35. The number of carbonyl (C=O) groups is 1. The molecule has 3 aliphatic rings. The van der Waals surface area contributed by atoms with Gasteiger partial charge in [0.1, 0.15) is 12.6 Å². The first-order chi connectivity index (χ1) is 15.0. The second-order valence-electron chi connectivity index (χ2n) is 7.84. The molecule has 1 fully saturated rings. The van der Waals surface area contributed by atoms with Crippen molar-refractivity contribution in [2.75, 3.05) is 27.1 Å². The van der Waals surface area contributed by atoms with Crippen molar-refractivity contribution in [1.82, 2.24) is 4.90 Å². The number of amidine groups is 1. The van der Waals surface area contributed by atoms with E-state index in [2.05, 4.69) is 68.3 Å². The zero-order chi connectivity index (χ0) is 22.2. The quantitative estimate of drug-likeness (QED) is 0.653. The van der Waals surface area contributed by atoms with Crippen LogP contribution in [0.25, 0.3) is 5.70 Å². The summed E-state index contributed by atoms with van der Waals surface area (Å²) in [5, 5.41) is 0. The molecule has 1 aromatic carbocycles. The molecule has 166 valence electrons.